The molecule has 1 fully saturated rings. The van der Waals surface area contributed by atoms with Crippen molar-refractivity contribution in [3.05, 3.63) is 42.1 Å². The molecule has 3 aromatic rings. The summed E-state index contributed by atoms with van der Waals surface area (Å²) in [5, 5.41) is 7.15. The van der Waals surface area contributed by atoms with E-state index in [4.69, 9.17) is 5.73 Å². The molecule has 1 aliphatic rings. The Hall–Kier alpha value is -3.06. The molecule has 134 valence electrons. The second-order valence-electron chi connectivity index (χ2n) is 6.39. The third-order valence-corrected chi connectivity index (χ3v) is 4.82. The minimum absolute atomic E-state index is 0.449. The summed E-state index contributed by atoms with van der Waals surface area (Å²) in [6, 6.07) is 10.1. The number of primary amides is 1. The van der Waals surface area contributed by atoms with Crippen LogP contribution in [-0.2, 0) is 0 Å². The number of pyridine rings is 1. The van der Waals surface area contributed by atoms with Gasteiger partial charge in [-0.1, -0.05) is 12.1 Å². The Bertz CT molecular complexity index is 941. The van der Waals surface area contributed by atoms with Gasteiger partial charge in [0.25, 0.3) is 5.91 Å². The van der Waals surface area contributed by atoms with Crippen LogP contribution >= 0.6 is 0 Å². The van der Waals surface area contributed by atoms with Crippen LogP contribution in [0.25, 0.3) is 22.0 Å². The number of carbonyl (C=O) groups is 1. The van der Waals surface area contributed by atoms with Gasteiger partial charge in [-0.05, 0) is 23.8 Å². The van der Waals surface area contributed by atoms with Crippen LogP contribution in [0, 0.1) is 0 Å². The predicted octanol–water partition coefficient (Wildman–Crippen LogP) is 1.78. The van der Waals surface area contributed by atoms with Crippen molar-refractivity contribution in [1.29, 1.82) is 0 Å². The fraction of sp³-hybridized carbons (Fsp3) is 0.263. The van der Waals surface area contributed by atoms with Gasteiger partial charge in [-0.15, -0.1) is 0 Å². The first-order valence-electron chi connectivity index (χ1n) is 8.73. The molecule has 0 atom stereocenters. The Labute approximate surface area is 151 Å². The van der Waals surface area contributed by atoms with Crippen LogP contribution in [0.3, 0.4) is 0 Å². The molecular formula is C19H22N6O. The number of nitrogens with two attached hydrogens (primary N) is 1. The van der Waals surface area contributed by atoms with Gasteiger partial charge in [0, 0.05) is 55.9 Å². The van der Waals surface area contributed by atoms with E-state index in [-0.39, 0.29) is 0 Å². The Kier molecular flexibility index (Phi) is 4.22. The highest BCUT2D eigenvalue weighted by Crippen LogP contribution is 2.30. The maximum Gasteiger partial charge on any atom is 0.253 e. The number of carbonyl (C=O) groups excluding carboxylic acids is 1. The van der Waals surface area contributed by atoms with Crippen LogP contribution in [0.5, 0.6) is 0 Å². The number of H-pyrrole nitrogens is 1. The number of nitrogens with zero attached hydrogens (tertiary/aromatic N) is 2. The van der Waals surface area contributed by atoms with E-state index in [1.54, 1.807) is 7.05 Å². The molecule has 4 rings (SSSR count). The minimum atomic E-state index is -0.449. The number of hydrogen-bond acceptors (Lipinski definition) is 5. The van der Waals surface area contributed by atoms with Crippen molar-refractivity contribution >= 4 is 28.4 Å². The fourth-order valence-electron chi connectivity index (χ4n) is 3.46. The van der Waals surface area contributed by atoms with Gasteiger partial charge in [-0.3, -0.25) is 4.79 Å². The Morgan fingerprint density at radius 2 is 1.96 bits per heavy atom. The molecule has 0 bridgehead atoms. The van der Waals surface area contributed by atoms with Crippen molar-refractivity contribution in [3.8, 4) is 11.1 Å². The van der Waals surface area contributed by atoms with E-state index >= 15 is 0 Å². The van der Waals surface area contributed by atoms with Gasteiger partial charge in [-0.25, -0.2) is 4.98 Å². The van der Waals surface area contributed by atoms with E-state index in [2.05, 4.69) is 37.6 Å². The molecule has 0 spiro atoms. The summed E-state index contributed by atoms with van der Waals surface area (Å²) in [5.41, 5.74) is 8.95. The number of benzene rings is 1. The SMILES string of the molecule is CNc1[nH]c2cc(-c3ccc(N4CCNCC4)nc3)ccc2c1C(N)=O. The molecule has 0 saturated carbocycles. The van der Waals surface area contributed by atoms with E-state index < -0.39 is 5.91 Å². The topological polar surface area (TPSA) is 99.1 Å². The second-order valence-corrected chi connectivity index (χ2v) is 6.39. The van der Waals surface area contributed by atoms with E-state index in [0.29, 0.717) is 11.4 Å². The smallest absolute Gasteiger partial charge is 0.253 e. The lowest BCUT2D eigenvalue weighted by Crippen LogP contribution is -2.43. The lowest BCUT2D eigenvalue weighted by atomic mass is 10.0. The number of piperazine rings is 1. The zero-order valence-corrected chi connectivity index (χ0v) is 14.7. The molecule has 7 nitrogen and oxygen atoms in total. The van der Waals surface area contributed by atoms with Crippen LogP contribution in [0.2, 0.25) is 0 Å². The zero-order valence-electron chi connectivity index (χ0n) is 14.7. The fourth-order valence-corrected chi connectivity index (χ4v) is 3.46. The summed E-state index contributed by atoms with van der Waals surface area (Å²) in [6.07, 6.45) is 1.90. The quantitative estimate of drug-likeness (QED) is 0.575. The molecule has 2 aromatic heterocycles. The summed E-state index contributed by atoms with van der Waals surface area (Å²) in [6.45, 7) is 3.93. The monoisotopic (exact) mass is 350 g/mol. The molecule has 0 unspecified atom stereocenters. The Morgan fingerprint density at radius 1 is 1.19 bits per heavy atom. The van der Waals surface area contributed by atoms with Gasteiger partial charge >= 0.3 is 0 Å². The highest BCUT2D eigenvalue weighted by atomic mass is 16.1. The van der Waals surface area contributed by atoms with Crippen LogP contribution in [0.15, 0.2) is 36.5 Å². The van der Waals surface area contributed by atoms with Crippen molar-refractivity contribution in [3.63, 3.8) is 0 Å². The number of aromatic nitrogens is 2. The van der Waals surface area contributed by atoms with Gasteiger partial charge in [0.2, 0.25) is 0 Å². The summed E-state index contributed by atoms with van der Waals surface area (Å²) >= 11 is 0. The molecule has 7 heteroatoms. The van der Waals surface area contributed by atoms with Gasteiger partial charge in [0.1, 0.15) is 11.6 Å². The molecule has 0 radical (unpaired) electrons. The molecule has 26 heavy (non-hydrogen) atoms. The third kappa shape index (κ3) is 2.86. The average molecular weight is 350 g/mol. The Morgan fingerprint density at radius 3 is 2.62 bits per heavy atom. The first-order chi connectivity index (χ1) is 12.7. The molecular weight excluding hydrogens is 328 g/mol. The molecule has 3 heterocycles. The van der Waals surface area contributed by atoms with E-state index in [9.17, 15) is 4.79 Å². The lowest BCUT2D eigenvalue weighted by molar-refractivity contribution is 0.100. The number of nitrogens with one attached hydrogen (secondary N) is 3. The second kappa shape index (κ2) is 6.68. The predicted molar refractivity (Wildman–Crippen MR) is 105 cm³/mol. The van der Waals surface area contributed by atoms with Gasteiger partial charge in [0.15, 0.2) is 0 Å². The number of amides is 1. The molecule has 1 saturated heterocycles. The van der Waals surface area contributed by atoms with Crippen molar-refractivity contribution in [2.45, 2.75) is 0 Å². The zero-order chi connectivity index (χ0) is 18.1. The highest BCUT2D eigenvalue weighted by Gasteiger charge is 2.16. The van der Waals surface area contributed by atoms with E-state index in [0.717, 1.165) is 54.0 Å². The van der Waals surface area contributed by atoms with Crippen LogP contribution in [0.4, 0.5) is 11.6 Å². The number of rotatable bonds is 4. The van der Waals surface area contributed by atoms with Gasteiger partial charge in [0.05, 0.1) is 5.56 Å². The summed E-state index contributed by atoms with van der Waals surface area (Å²) < 4.78 is 0. The average Bonchev–Trinajstić information content (AvgIpc) is 3.07. The van der Waals surface area contributed by atoms with E-state index in [1.165, 1.54) is 0 Å². The Balaban J connectivity index is 1.67. The maximum atomic E-state index is 11.7. The van der Waals surface area contributed by atoms with Crippen molar-refractivity contribution in [2.24, 2.45) is 5.73 Å². The molecule has 1 aliphatic heterocycles. The van der Waals surface area contributed by atoms with Crippen molar-refractivity contribution in [2.75, 3.05) is 43.4 Å². The first-order valence-corrected chi connectivity index (χ1v) is 8.73. The van der Waals surface area contributed by atoms with Crippen LogP contribution < -0.4 is 21.3 Å². The van der Waals surface area contributed by atoms with Crippen LogP contribution in [-0.4, -0.2) is 49.1 Å². The summed E-state index contributed by atoms with van der Waals surface area (Å²) in [7, 11) is 1.76. The normalized spacial score (nSPS) is 14.6. The third-order valence-electron chi connectivity index (χ3n) is 4.82. The summed E-state index contributed by atoms with van der Waals surface area (Å²) in [4.78, 5) is 21.9. The molecule has 0 aliphatic carbocycles. The lowest BCUT2D eigenvalue weighted by Gasteiger charge is -2.28. The molecule has 1 aromatic carbocycles. The van der Waals surface area contributed by atoms with Crippen LogP contribution in [0.1, 0.15) is 10.4 Å². The number of aromatic amines is 1. The number of anilines is 2. The van der Waals surface area contributed by atoms with Crippen molar-refractivity contribution in [1.82, 2.24) is 15.3 Å². The maximum absolute atomic E-state index is 11.7. The molecule has 1 amide bonds. The molecule has 5 N–H and O–H groups in total. The minimum Gasteiger partial charge on any atom is -0.374 e. The number of fused-ring (bicyclic) bond motifs is 1. The summed E-state index contributed by atoms with van der Waals surface area (Å²) in [5.74, 6) is 1.19. The number of hydrogen-bond donors (Lipinski definition) is 4. The van der Waals surface area contributed by atoms with Crippen molar-refractivity contribution < 1.29 is 4.79 Å². The standard InChI is InChI=1S/C19H22N6O/c1-21-19-17(18(20)26)14-4-2-12(10-15(14)24-19)13-3-5-16(23-11-13)25-8-6-22-7-9-25/h2-5,10-11,21-22,24H,6-9H2,1H3,(H2,20,26). The first kappa shape index (κ1) is 16.4. The largest absolute Gasteiger partial charge is 0.374 e. The van der Waals surface area contributed by atoms with E-state index in [1.807, 2.05) is 24.4 Å². The van der Waals surface area contributed by atoms with Gasteiger partial charge in [-0.2, -0.15) is 0 Å². The highest BCUT2D eigenvalue weighted by molar-refractivity contribution is 6.11. The van der Waals surface area contributed by atoms with Gasteiger partial charge < -0.3 is 26.3 Å².